The van der Waals surface area contributed by atoms with E-state index in [1.54, 1.807) is 18.6 Å². The van der Waals surface area contributed by atoms with E-state index >= 15 is 0 Å². The highest BCUT2D eigenvalue weighted by Gasteiger charge is 2.22. The standard InChI is InChI=1S/C17H21N3O3/c1-12-14(13-6-8-18-9-7-13)11-20(15(12)10-19-22-5)16(21)23-17(2,3)4/h6-11H,1-5H3/b19-10+. The molecule has 2 aromatic heterocycles. The Bertz CT molecular complexity index is 713. The van der Waals surface area contributed by atoms with E-state index in [1.165, 1.54) is 17.9 Å². The van der Waals surface area contributed by atoms with Crippen LogP contribution in [0.5, 0.6) is 0 Å². The fraction of sp³-hybridized carbons (Fsp3) is 0.353. The molecule has 0 aliphatic rings. The van der Waals surface area contributed by atoms with Gasteiger partial charge in [0.15, 0.2) is 0 Å². The lowest BCUT2D eigenvalue weighted by atomic mass is 10.1. The second-order valence-electron chi connectivity index (χ2n) is 6.06. The van der Waals surface area contributed by atoms with Gasteiger partial charge in [0.2, 0.25) is 0 Å². The van der Waals surface area contributed by atoms with E-state index in [0.717, 1.165) is 16.7 Å². The van der Waals surface area contributed by atoms with E-state index in [9.17, 15) is 4.79 Å². The first-order valence-corrected chi connectivity index (χ1v) is 7.25. The molecule has 6 heteroatoms. The van der Waals surface area contributed by atoms with Crippen LogP contribution in [0.1, 0.15) is 32.0 Å². The fourth-order valence-electron chi connectivity index (χ4n) is 2.16. The highest BCUT2D eigenvalue weighted by molar-refractivity contribution is 5.90. The number of ether oxygens (including phenoxy) is 1. The minimum atomic E-state index is -0.582. The largest absolute Gasteiger partial charge is 0.443 e. The number of carbonyl (C=O) groups excluding carboxylic acids is 1. The lowest BCUT2D eigenvalue weighted by Crippen LogP contribution is -2.27. The van der Waals surface area contributed by atoms with Crippen LogP contribution in [0.25, 0.3) is 11.1 Å². The first-order valence-electron chi connectivity index (χ1n) is 7.25. The molecule has 0 saturated carbocycles. The Kier molecular flexibility index (Phi) is 4.83. The molecule has 2 heterocycles. The van der Waals surface area contributed by atoms with Gasteiger partial charge in [-0.15, -0.1) is 0 Å². The van der Waals surface area contributed by atoms with Crippen LogP contribution in [0.3, 0.4) is 0 Å². The second kappa shape index (κ2) is 6.64. The SMILES string of the molecule is CO/N=C/c1c(C)c(-c2ccncc2)cn1C(=O)OC(C)(C)C. The van der Waals surface area contributed by atoms with Gasteiger partial charge < -0.3 is 9.57 Å². The normalized spacial score (nSPS) is 11.7. The van der Waals surface area contributed by atoms with Crippen molar-refractivity contribution in [2.75, 3.05) is 7.11 Å². The minimum Gasteiger partial charge on any atom is -0.443 e. The van der Waals surface area contributed by atoms with Crippen molar-refractivity contribution >= 4 is 12.3 Å². The predicted octanol–water partition coefficient (Wildman–Crippen LogP) is 3.62. The van der Waals surface area contributed by atoms with Crippen molar-refractivity contribution in [1.82, 2.24) is 9.55 Å². The van der Waals surface area contributed by atoms with Gasteiger partial charge in [-0.2, -0.15) is 0 Å². The van der Waals surface area contributed by atoms with Gasteiger partial charge in [-0.3, -0.25) is 9.55 Å². The number of nitrogens with zero attached hydrogens (tertiary/aromatic N) is 3. The molecule has 2 aromatic rings. The first kappa shape index (κ1) is 16.7. The maximum atomic E-state index is 12.5. The van der Waals surface area contributed by atoms with Crippen LogP contribution < -0.4 is 0 Å². The molecule has 0 unspecified atom stereocenters. The number of oxime groups is 1. The van der Waals surface area contributed by atoms with E-state index in [0.29, 0.717) is 5.69 Å². The van der Waals surface area contributed by atoms with E-state index in [-0.39, 0.29) is 0 Å². The zero-order valence-corrected chi connectivity index (χ0v) is 14.0. The first-order chi connectivity index (χ1) is 10.8. The summed E-state index contributed by atoms with van der Waals surface area (Å²) in [6.07, 6.45) is 6.21. The van der Waals surface area contributed by atoms with E-state index in [4.69, 9.17) is 9.57 Å². The highest BCUT2D eigenvalue weighted by atomic mass is 16.6. The van der Waals surface area contributed by atoms with Crippen molar-refractivity contribution in [3.63, 3.8) is 0 Å². The molecule has 0 bridgehead atoms. The number of rotatable bonds is 3. The third-order valence-corrected chi connectivity index (χ3v) is 3.17. The van der Waals surface area contributed by atoms with Gasteiger partial charge in [0, 0.05) is 24.2 Å². The third-order valence-electron chi connectivity index (χ3n) is 3.17. The van der Waals surface area contributed by atoms with Crippen LogP contribution >= 0.6 is 0 Å². The molecule has 0 saturated heterocycles. The fourth-order valence-corrected chi connectivity index (χ4v) is 2.16. The molecule has 0 atom stereocenters. The number of aromatic nitrogens is 2. The molecule has 2 rings (SSSR count). The summed E-state index contributed by atoms with van der Waals surface area (Å²) in [6, 6.07) is 3.78. The molecular weight excluding hydrogens is 294 g/mol. The molecule has 0 spiro atoms. The molecule has 6 nitrogen and oxygen atoms in total. The number of pyridine rings is 1. The molecule has 0 N–H and O–H groups in total. The van der Waals surface area contributed by atoms with Crippen molar-refractivity contribution in [2.24, 2.45) is 5.16 Å². The molecule has 0 aliphatic carbocycles. The summed E-state index contributed by atoms with van der Waals surface area (Å²) in [7, 11) is 1.45. The van der Waals surface area contributed by atoms with E-state index in [2.05, 4.69) is 10.1 Å². The van der Waals surface area contributed by atoms with Crippen molar-refractivity contribution in [1.29, 1.82) is 0 Å². The van der Waals surface area contributed by atoms with Crippen LogP contribution in [0, 0.1) is 6.92 Å². The van der Waals surface area contributed by atoms with Gasteiger partial charge in [-0.25, -0.2) is 4.79 Å². The monoisotopic (exact) mass is 315 g/mol. The molecular formula is C17H21N3O3. The Balaban J connectivity index is 2.52. The Labute approximate surface area is 135 Å². The molecule has 0 radical (unpaired) electrons. The van der Waals surface area contributed by atoms with Gasteiger partial charge in [0.05, 0.1) is 11.9 Å². The van der Waals surface area contributed by atoms with Crippen LogP contribution in [-0.4, -0.2) is 34.6 Å². The van der Waals surface area contributed by atoms with Crippen molar-refractivity contribution in [3.8, 4) is 11.1 Å². The lowest BCUT2D eigenvalue weighted by Gasteiger charge is -2.20. The van der Waals surface area contributed by atoms with E-state index < -0.39 is 11.7 Å². The number of hydrogen-bond donors (Lipinski definition) is 0. The Morgan fingerprint density at radius 2 is 1.96 bits per heavy atom. The number of hydrogen-bond acceptors (Lipinski definition) is 5. The minimum absolute atomic E-state index is 0.460. The Morgan fingerprint density at radius 3 is 2.52 bits per heavy atom. The van der Waals surface area contributed by atoms with Crippen LogP contribution in [0.2, 0.25) is 0 Å². The molecule has 122 valence electrons. The second-order valence-corrected chi connectivity index (χ2v) is 6.06. The summed E-state index contributed by atoms with van der Waals surface area (Å²) in [5.74, 6) is 0. The van der Waals surface area contributed by atoms with Gasteiger partial charge in [-0.05, 0) is 51.0 Å². The van der Waals surface area contributed by atoms with Crippen LogP contribution in [-0.2, 0) is 9.57 Å². The maximum Gasteiger partial charge on any atom is 0.419 e. The highest BCUT2D eigenvalue weighted by Crippen LogP contribution is 2.27. The summed E-state index contributed by atoms with van der Waals surface area (Å²) < 4.78 is 6.90. The molecule has 0 amide bonds. The molecule has 0 aliphatic heterocycles. The molecule has 23 heavy (non-hydrogen) atoms. The topological polar surface area (TPSA) is 65.7 Å². The summed E-state index contributed by atoms with van der Waals surface area (Å²) in [4.78, 5) is 21.2. The summed E-state index contributed by atoms with van der Waals surface area (Å²) in [5.41, 5.74) is 2.82. The van der Waals surface area contributed by atoms with Gasteiger partial charge in [0.25, 0.3) is 0 Å². The molecule has 0 fully saturated rings. The zero-order valence-electron chi connectivity index (χ0n) is 14.0. The average Bonchev–Trinajstić information content (AvgIpc) is 2.81. The zero-order chi connectivity index (χ0) is 17.0. The van der Waals surface area contributed by atoms with E-state index in [1.807, 2.05) is 39.8 Å². The average molecular weight is 315 g/mol. The van der Waals surface area contributed by atoms with Crippen molar-refractivity contribution < 1.29 is 14.4 Å². The lowest BCUT2D eigenvalue weighted by molar-refractivity contribution is 0.0536. The summed E-state index contributed by atoms with van der Waals surface area (Å²) >= 11 is 0. The van der Waals surface area contributed by atoms with Crippen molar-refractivity contribution in [3.05, 3.63) is 42.0 Å². The van der Waals surface area contributed by atoms with Crippen LogP contribution in [0.4, 0.5) is 4.79 Å². The molecule has 0 aromatic carbocycles. The Morgan fingerprint density at radius 1 is 1.30 bits per heavy atom. The Hall–Kier alpha value is -2.63. The predicted molar refractivity (Wildman–Crippen MR) is 88.6 cm³/mol. The maximum absolute atomic E-state index is 12.5. The number of carbonyl (C=O) groups is 1. The summed E-state index contributed by atoms with van der Waals surface area (Å²) in [6.45, 7) is 7.41. The summed E-state index contributed by atoms with van der Waals surface area (Å²) in [5, 5.41) is 3.78. The van der Waals surface area contributed by atoms with Gasteiger partial charge in [0.1, 0.15) is 12.7 Å². The van der Waals surface area contributed by atoms with Gasteiger partial charge >= 0.3 is 6.09 Å². The van der Waals surface area contributed by atoms with Crippen molar-refractivity contribution in [2.45, 2.75) is 33.3 Å². The smallest absolute Gasteiger partial charge is 0.419 e. The van der Waals surface area contributed by atoms with Crippen LogP contribution in [0.15, 0.2) is 35.9 Å². The quantitative estimate of drug-likeness (QED) is 0.641. The van der Waals surface area contributed by atoms with Gasteiger partial charge in [-0.1, -0.05) is 5.16 Å². The third kappa shape index (κ3) is 3.97.